The minimum absolute atomic E-state index is 0.0285. The van der Waals surface area contributed by atoms with Crippen molar-refractivity contribution in [3.8, 4) is 0 Å². The summed E-state index contributed by atoms with van der Waals surface area (Å²) in [5.74, 6) is 0. The first kappa shape index (κ1) is 7.91. The fourth-order valence-electron chi connectivity index (χ4n) is 0.876. The van der Waals surface area contributed by atoms with Gasteiger partial charge in [-0.3, -0.25) is 4.90 Å². The number of rotatable bonds is 0. The zero-order valence-electron chi connectivity index (χ0n) is 6.11. The molecule has 5 heteroatoms. The molecule has 0 radical (unpaired) electrons. The van der Waals surface area contributed by atoms with Gasteiger partial charge in [0.2, 0.25) is 6.08 Å². The number of amides is 2. The van der Waals surface area contributed by atoms with Crippen LogP contribution in [0.2, 0.25) is 0 Å². The minimum Gasteiger partial charge on any atom is -0.356 e. The van der Waals surface area contributed by atoms with Gasteiger partial charge in [-0.1, -0.05) is 0 Å². The molecule has 0 spiro atoms. The van der Waals surface area contributed by atoms with Gasteiger partial charge in [-0.2, -0.15) is 0 Å². The van der Waals surface area contributed by atoms with E-state index in [9.17, 15) is 9.59 Å². The van der Waals surface area contributed by atoms with E-state index in [0.29, 0.717) is 6.54 Å². The Hall–Kier alpha value is -1.19. The van der Waals surface area contributed by atoms with Crippen LogP contribution in [0, 0.1) is 0 Å². The highest BCUT2D eigenvalue weighted by atomic mass is 16.5. The Kier molecular flexibility index (Phi) is 2.36. The average molecular weight is 156 g/mol. The maximum absolute atomic E-state index is 10.8. The van der Waals surface area contributed by atoms with Gasteiger partial charge in [0.05, 0.1) is 12.6 Å². The van der Waals surface area contributed by atoms with Crippen LogP contribution in [-0.2, 0) is 9.53 Å². The number of carbonyl (C=O) groups excluding carboxylic acids is 2. The molecule has 1 unspecified atom stereocenters. The van der Waals surface area contributed by atoms with Crippen molar-refractivity contribution in [2.45, 2.75) is 13.0 Å². The third-order valence-corrected chi connectivity index (χ3v) is 1.40. The molecule has 0 aromatic heterocycles. The second-order valence-electron chi connectivity index (χ2n) is 2.31. The van der Waals surface area contributed by atoms with Crippen molar-refractivity contribution in [2.75, 3.05) is 13.3 Å². The molecule has 5 nitrogen and oxygen atoms in total. The van der Waals surface area contributed by atoms with E-state index in [0.717, 1.165) is 0 Å². The van der Waals surface area contributed by atoms with Crippen molar-refractivity contribution in [1.82, 2.24) is 4.90 Å². The predicted molar refractivity (Wildman–Crippen MR) is 35.6 cm³/mol. The van der Waals surface area contributed by atoms with Crippen molar-refractivity contribution < 1.29 is 14.3 Å². The lowest BCUT2D eigenvalue weighted by atomic mass is 10.4. The molecule has 1 aliphatic rings. The van der Waals surface area contributed by atoms with E-state index in [4.69, 9.17) is 4.74 Å². The number of carbonyl (C=O) groups is 1. The van der Waals surface area contributed by atoms with Gasteiger partial charge in [-0.05, 0) is 6.92 Å². The monoisotopic (exact) mass is 156 g/mol. The van der Waals surface area contributed by atoms with E-state index >= 15 is 0 Å². The molecule has 1 fully saturated rings. The van der Waals surface area contributed by atoms with Gasteiger partial charge in [0.15, 0.2) is 0 Å². The van der Waals surface area contributed by atoms with Crippen LogP contribution >= 0.6 is 0 Å². The Balaban J connectivity index is 2.49. The molecule has 1 rings (SSSR count). The zero-order chi connectivity index (χ0) is 8.27. The largest absolute Gasteiger partial charge is 0.356 e. The maximum atomic E-state index is 10.8. The second kappa shape index (κ2) is 3.27. The molecule has 0 bridgehead atoms. The Bertz CT molecular complexity index is 210. The van der Waals surface area contributed by atoms with Gasteiger partial charge in [-0.25, -0.2) is 9.59 Å². The molecule has 1 saturated heterocycles. The summed E-state index contributed by atoms with van der Waals surface area (Å²) in [4.78, 5) is 24.8. The third kappa shape index (κ3) is 1.86. The number of aliphatic imine (C=N–C) groups is 1. The lowest BCUT2D eigenvalue weighted by molar-refractivity contribution is 0.106. The number of isocyanates is 1. The molecule has 0 aliphatic carbocycles. The zero-order valence-corrected chi connectivity index (χ0v) is 6.11. The Morgan fingerprint density at radius 1 is 1.82 bits per heavy atom. The number of ether oxygens (including phenoxy) is 1. The lowest BCUT2D eigenvalue weighted by Gasteiger charge is -2.06. The molecule has 11 heavy (non-hydrogen) atoms. The number of urea groups is 1. The SMILES string of the molecule is CC1CN(C(=O)N=C=O)CO1. The topological polar surface area (TPSA) is 59.0 Å². The van der Waals surface area contributed by atoms with E-state index in [1.54, 1.807) is 0 Å². The molecular weight excluding hydrogens is 148 g/mol. The number of hydrogen-bond acceptors (Lipinski definition) is 3. The maximum Gasteiger partial charge on any atom is 0.356 e. The van der Waals surface area contributed by atoms with Gasteiger partial charge in [0, 0.05) is 0 Å². The smallest absolute Gasteiger partial charge is 0.356 e. The van der Waals surface area contributed by atoms with Crippen molar-refractivity contribution >= 4 is 12.1 Å². The van der Waals surface area contributed by atoms with Crippen LogP contribution in [0.25, 0.3) is 0 Å². The van der Waals surface area contributed by atoms with Crippen LogP contribution in [0.15, 0.2) is 4.99 Å². The third-order valence-electron chi connectivity index (χ3n) is 1.40. The Morgan fingerprint density at radius 2 is 2.55 bits per heavy atom. The molecule has 2 amide bonds. The van der Waals surface area contributed by atoms with E-state index in [1.165, 1.54) is 11.0 Å². The van der Waals surface area contributed by atoms with Crippen LogP contribution < -0.4 is 0 Å². The molecular formula is C6H8N2O3. The quantitative estimate of drug-likeness (QED) is 0.369. The Morgan fingerprint density at radius 3 is 3.00 bits per heavy atom. The summed E-state index contributed by atoms with van der Waals surface area (Å²) in [5, 5.41) is 0. The first-order valence-electron chi connectivity index (χ1n) is 3.22. The van der Waals surface area contributed by atoms with Gasteiger partial charge < -0.3 is 4.74 Å². The fraction of sp³-hybridized carbons (Fsp3) is 0.667. The summed E-state index contributed by atoms with van der Waals surface area (Å²) in [7, 11) is 0. The standard InChI is InChI=1S/C6H8N2O3/c1-5-2-8(4-11-5)6(10)7-3-9/h5H,2,4H2,1H3. The number of hydrogen-bond donors (Lipinski definition) is 0. The molecule has 60 valence electrons. The summed E-state index contributed by atoms with van der Waals surface area (Å²) in [5.41, 5.74) is 0. The highest BCUT2D eigenvalue weighted by molar-refractivity contribution is 5.79. The van der Waals surface area contributed by atoms with Crippen LogP contribution in [0.4, 0.5) is 4.79 Å². The van der Waals surface area contributed by atoms with E-state index in [-0.39, 0.29) is 12.8 Å². The van der Waals surface area contributed by atoms with Gasteiger partial charge in [-0.15, -0.1) is 4.99 Å². The van der Waals surface area contributed by atoms with Crippen molar-refractivity contribution in [2.24, 2.45) is 4.99 Å². The summed E-state index contributed by atoms with van der Waals surface area (Å²) in [6, 6.07) is -0.579. The predicted octanol–water partition coefficient (Wildman–Crippen LogP) is 0.120. The summed E-state index contributed by atoms with van der Waals surface area (Å²) >= 11 is 0. The van der Waals surface area contributed by atoms with E-state index in [2.05, 4.69) is 4.99 Å². The minimum atomic E-state index is -0.579. The lowest BCUT2D eigenvalue weighted by Crippen LogP contribution is -2.26. The molecule has 1 heterocycles. The summed E-state index contributed by atoms with van der Waals surface area (Å²) in [6.07, 6.45) is 1.22. The van der Waals surface area contributed by atoms with Crippen molar-refractivity contribution in [1.29, 1.82) is 0 Å². The van der Waals surface area contributed by atoms with Crippen LogP contribution in [0.5, 0.6) is 0 Å². The van der Waals surface area contributed by atoms with Crippen LogP contribution in [0.3, 0.4) is 0 Å². The van der Waals surface area contributed by atoms with Crippen LogP contribution in [-0.4, -0.2) is 36.4 Å². The highest BCUT2D eigenvalue weighted by Crippen LogP contribution is 2.07. The van der Waals surface area contributed by atoms with E-state index < -0.39 is 6.03 Å². The van der Waals surface area contributed by atoms with Gasteiger partial charge >= 0.3 is 6.03 Å². The number of nitrogens with zero attached hydrogens (tertiary/aromatic N) is 2. The van der Waals surface area contributed by atoms with Crippen LogP contribution in [0.1, 0.15) is 6.92 Å². The highest BCUT2D eigenvalue weighted by Gasteiger charge is 2.23. The summed E-state index contributed by atoms with van der Waals surface area (Å²) in [6.45, 7) is 2.55. The molecule has 1 aliphatic heterocycles. The average Bonchev–Trinajstić information content (AvgIpc) is 2.36. The van der Waals surface area contributed by atoms with E-state index in [1.807, 2.05) is 6.92 Å². The van der Waals surface area contributed by atoms with Crippen molar-refractivity contribution in [3.05, 3.63) is 0 Å². The first-order valence-corrected chi connectivity index (χ1v) is 3.22. The normalized spacial score (nSPS) is 23.0. The van der Waals surface area contributed by atoms with Gasteiger partial charge in [0.25, 0.3) is 0 Å². The van der Waals surface area contributed by atoms with Gasteiger partial charge in [0.1, 0.15) is 6.73 Å². The molecule has 0 aromatic carbocycles. The summed E-state index contributed by atoms with van der Waals surface area (Å²) < 4.78 is 5.05. The second-order valence-corrected chi connectivity index (χ2v) is 2.31. The first-order chi connectivity index (χ1) is 5.24. The molecule has 0 saturated carbocycles. The fourth-order valence-corrected chi connectivity index (χ4v) is 0.876. The molecule has 0 aromatic rings. The molecule has 0 N–H and O–H groups in total. The Labute approximate surface area is 63.6 Å². The molecule has 1 atom stereocenters. The van der Waals surface area contributed by atoms with Crippen molar-refractivity contribution in [3.63, 3.8) is 0 Å².